The molecule has 1 atom stereocenters. The van der Waals surface area contributed by atoms with Crippen molar-refractivity contribution in [3.63, 3.8) is 0 Å². The van der Waals surface area contributed by atoms with Crippen molar-refractivity contribution in [2.75, 3.05) is 6.61 Å². The van der Waals surface area contributed by atoms with Gasteiger partial charge in [-0.1, -0.05) is 11.6 Å². The molecule has 0 radical (unpaired) electrons. The first kappa shape index (κ1) is 14.2. The minimum atomic E-state index is -0.481. The Morgan fingerprint density at radius 3 is 2.65 bits per heavy atom. The van der Waals surface area contributed by atoms with E-state index in [-0.39, 0.29) is 12.6 Å². The van der Waals surface area contributed by atoms with E-state index in [1.54, 1.807) is 0 Å². The highest BCUT2D eigenvalue weighted by molar-refractivity contribution is 5.73. The van der Waals surface area contributed by atoms with Crippen molar-refractivity contribution in [2.45, 2.75) is 58.5 Å². The fourth-order valence-corrected chi connectivity index (χ4v) is 2.01. The van der Waals surface area contributed by atoms with E-state index in [1.807, 2.05) is 20.8 Å². The van der Waals surface area contributed by atoms with Gasteiger partial charge in [-0.15, -0.1) is 0 Å². The van der Waals surface area contributed by atoms with Crippen LogP contribution in [0.25, 0.3) is 0 Å². The Labute approximate surface area is 104 Å². The van der Waals surface area contributed by atoms with Gasteiger partial charge in [0.2, 0.25) is 0 Å². The first-order valence-corrected chi connectivity index (χ1v) is 6.44. The lowest BCUT2D eigenvalue weighted by Gasteiger charge is -2.24. The van der Waals surface area contributed by atoms with Crippen molar-refractivity contribution in [1.82, 2.24) is 0 Å². The number of carbonyl (C=O) groups excluding carboxylic acids is 1. The average Bonchev–Trinajstić information content (AvgIpc) is 2.24. The molecule has 1 N–H and O–H groups in total. The first-order chi connectivity index (χ1) is 7.92. The van der Waals surface area contributed by atoms with Gasteiger partial charge in [0, 0.05) is 0 Å². The van der Waals surface area contributed by atoms with Gasteiger partial charge in [-0.2, -0.15) is 0 Å². The standard InChI is InChI=1S/C14H24O3/c1-14(2,3)17-13(16)12(10-15)9-11-7-5-4-6-8-11/h7,12,15H,4-6,8-10H2,1-3H3. The molecular weight excluding hydrogens is 216 g/mol. The summed E-state index contributed by atoms with van der Waals surface area (Å²) in [5.74, 6) is -0.690. The van der Waals surface area contributed by atoms with Crippen LogP contribution in [0.1, 0.15) is 52.9 Å². The summed E-state index contributed by atoms with van der Waals surface area (Å²) in [6.07, 6.45) is 7.43. The molecule has 1 unspecified atom stereocenters. The van der Waals surface area contributed by atoms with Gasteiger partial charge in [-0.3, -0.25) is 4.79 Å². The number of aliphatic hydroxyl groups is 1. The fourth-order valence-electron chi connectivity index (χ4n) is 2.01. The van der Waals surface area contributed by atoms with E-state index in [0.29, 0.717) is 6.42 Å². The molecule has 0 spiro atoms. The van der Waals surface area contributed by atoms with Crippen LogP contribution in [0.15, 0.2) is 11.6 Å². The van der Waals surface area contributed by atoms with Crippen LogP contribution in [-0.2, 0) is 9.53 Å². The number of rotatable bonds is 4. The Balaban J connectivity index is 2.52. The van der Waals surface area contributed by atoms with E-state index in [2.05, 4.69) is 6.08 Å². The van der Waals surface area contributed by atoms with E-state index in [4.69, 9.17) is 4.74 Å². The molecule has 1 rings (SSSR count). The van der Waals surface area contributed by atoms with E-state index in [9.17, 15) is 9.90 Å². The Hall–Kier alpha value is -0.830. The molecule has 0 aliphatic heterocycles. The molecule has 0 heterocycles. The largest absolute Gasteiger partial charge is 0.460 e. The van der Waals surface area contributed by atoms with E-state index < -0.39 is 11.5 Å². The van der Waals surface area contributed by atoms with Crippen molar-refractivity contribution in [3.8, 4) is 0 Å². The Morgan fingerprint density at radius 2 is 2.18 bits per heavy atom. The molecule has 3 heteroatoms. The zero-order chi connectivity index (χ0) is 12.9. The van der Waals surface area contributed by atoms with Gasteiger partial charge in [0.1, 0.15) is 5.60 Å². The molecule has 3 nitrogen and oxygen atoms in total. The molecule has 0 aromatic heterocycles. The lowest BCUT2D eigenvalue weighted by Crippen LogP contribution is -2.30. The van der Waals surface area contributed by atoms with Crippen LogP contribution in [0.3, 0.4) is 0 Å². The van der Waals surface area contributed by atoms with Gasteiger partial charge >= 0.3 is 5.97 Å². The molecule has 98 valence electrons. The van der Waals surface area contributed by atoms with Crippen molar-refractivity contribution in [2.24, 2.45) is 5.92 Å². The molecule has 0 aromatic carbocycles. The Kier molecular flexibility index (Phi) is 5.19. The van der Waals surface area contributed by atoms with Crippen LogP contribution < -0.4 is 0 Å². The molecule has 1 aliphatic rings. The van der Waals surface area contributed by atoms with Crippen molar-refractivity contribution in [3.05, 3.63) is 11.6 Å². The molecular formula is C14H24O3. The molecule has 0 fully saturated rings. The third-order valence-electron chi connectivity index (χ3n) is 2.85. The molecule has 1 aliphatic carbocycles. The summed E-state index contributed by atoms with van der Waals surface area (Å²) in [6, 6.07) is 0. The normalized spacial score (nSPS) is 18.5. The number of allylic oxidation sites excluding steroid dienone is 2. The van der Waals surface area contributed by atoms with Gasteiger partial charge in [-0.25, -0.2) is 0 Å². The van der Waals surface area contributed by atoms with E-state index in [0.717, 1.165) is 12.8 Å². The smallest absolute Gasteiger partial charge is 0.312 e. The number of hydrogen-bond acceptors (Lipinski definition) is 3. The van der Waals surface area contributed by atoms with Gasteiger partial charge < -0.3 is 9.84 Å². The highest BCUT2D eigenvalue weighted by Gasteiger charge is 2.25. The van der Waals surface area contributed by atoms with Crippen LogP contribution in [-0.4, -0.2) is 23.3 Å². The summed E-state index contributed by atoms with van der Waals surface area (Å²) in [7, 11) is 0. The maximum Gasteiger partial charge on any atom is 0.312 e. The number of esters is 1. The summed E-state index contributed by atoms with van der Waals surface area (Å²) < 4.78 is 5.31. The monoisotopic (exact) mass is 240 g/mol. The lowest BCUT2D eigenvalue weighted by atomic mass is 9.91. The second-order valence-corrected chi connectivity index (χ2v) is 5.73. The number of hydrogen-bond donors (Lipinski definition) is 1. The van der Waals surface area contributed by atoms with Crippen molar-refractivity contribution in [1.29, 1.82) is 0 Å². The summed E-state index contributed by atoms with van der Waals surface area (Å²) in [4.78, 5) is 11.9. The second kappa shape index (κ2) is 6.20. The molecule has 0 saturated carbocycles. The first-order valence-electron chi connectivity index (χ1n) is 6.44. The fraction of sp³-hybridized carbons (Fsp3) is 0.786. The van der Waals surface area contributed by atoms with Gasteiger partial charge in [-0.05, 0) is 52.9 Å². The SMILES string of the molecule is CC(C)(C)OC(=O)C(CO)CC1=CCCCC1. The Morgan fingerprint density at radius 1 is 1.47 bits per heavy atom. The maximum atomic E-state index is 11.9. The molecule has 0 amide bonds. The highest BCUT2D eigenvalue weighted by Crippen LogP contribution is 2.25. The van der Waals surface area contributed by atoms with Crippen LogP contribution in [0, 0.1) is 5.92 Å². The molecule has 17 heavy (non-hydrogen) atoms. The van der Waals surface area contributed by atoms with Gasteiger partial charge in [0.05, 0.1) is 12.5 Å². The molecule has 0 bridgehead atoms. The number of carbonyl (C=O) groups is 1. The highest BCUT2D eigenvalue weighted by atomic mass is 16.6. The lowest BCUT2D eigenvalue weighted by molar-refractivity contribution is -0.161. The number of ether oxygens (including phenoxy) is 1. The predicted octanol–water partition coefficient (Wildman–Crippen LogP) is 2.83. The van der Waals surface area contributed by atoms with Crippen molar-refractivity contribution < 1.29 is 14.6 Å². The third kappa shape index (κ3) is 5.35. The third-order valence-corrected chi connectivity index (χ3v) is 2.85. The van der Waals surface area contributed by atoms with Crippen LogP contribution in [0.5, 0.6) is 0 Å². The van der Waals surface area contributed by atoms with E-state index >= 15 is 0 Å². The Bertz CT molecular complexity index is 286. The van der Waals surface area contributed by atoms with Crippen LogP contribution >= 0.6 is 0 Å². The summed E-state index contributed by atoms with van der Waals surface area (Å²) in [5.41, 5.74) is 0.812. The molecule has 0 aromatic rings. The quantitative estimate of drug-likeness (QED) is 0.607. The van der Waals surface area contributed by atoms with Gasteiger partial charge in [0.15, 0.2) is 0 Å². The number of aliphatic hydroxyl groups excluding tert-OH is 1. The van der Waals surface area contributed by atoms with Crippen LogP contribution in [0.2, 0.25) is 0 Å². The van der Waals surface area contributed by atoms with Gasteiger partial charge in [0.25, 0.3) is 0 Å². The summed E-state index contributed by atoms with van der Waals surface area (Å²) in [6.45, 7) is 5.41. The van der Waals surface area contributed by atoms with E-state index in [1.165, 1.54) is 18.4 Å². The second-order valence-electron chi connectivity index (χ2n) is 5.73. The summed E-state index contributed by atoms with van der Waals surface area (Å²) >= 11 is 0. The van der Waals surface area contributed by atoms with Crippen LogP contribution in [0.4, 0.5) is 0 Å². The minimum absolute atomic E-state index is 0.133. The zero-order valence-electron chi connectivity index (χ0n) is 11.2. The topological polar surface area (TPSA) is 46.5 Å². The summed E-state index contributed by atoms with van der Waals surface area (Å²) in [5, 5.41) is 9.30. The predicted molar refractivity (Wildman–Crippen MR) is 67.6 cm³/mol. The average molecular weight is 240 g/mol. The maximum absolute atomic E-state index is 11.9. The van der Waals surface area contributed by atoms with Crippen molar-refractivity contribution >= 4 is 5.97 Å². The molecule has 0 saturated heterocycles. The minimum Gasteiger partial charge on any atom is -0.460 e. The zero-order valence-corrected chi connectivity index (χ0v) is 11.2.